The van der Waals surface area contributed by atoms with Gasteiger partial charge in [-0.3, -0.25) is 19.4 Å². The molecule has 3 N–H and O–H groups in total. The molecule has 1 aromatic carbocycles. The van der Waals surface area contributed by atoms with Crippen LogP contribution in [0.4, 0.5) is 0 Å². The van der Waals surface area contributed by atoms with Crippen LogP contribution in [0, 0.1) is 0 Å². The highest BCUT2D eigenvalue weighted by atomic mass is 31.2. The fraction of sp³-hybridized carbons (Fsp3) is 0.222. The van der Waals surface area contributed by atoms with E-state index >= 15 is 0 Å². The van der Waals surface area contributed by atoms with Crippen LogP contribution in [-0.4, -0.2) is 22.3 Å². The van der Waals surface area contributed by atoms with Crippen molar-refractivity contribution in [1.82, 2.24) is 5.48 Å². The summed E-state index contributed by atoms with van der Waals surface area (Å²) in [6.07, 6.45) is 0. The zero-order valence-electron chi connectivity index (χ0n) is 8.78. The highest BCUT2D eigenvalue weighted by Gasteiger charge is 2.19. The van der Waals surface area contributed by atoms with E-state index in [4.69, 9.17) is 14.6 Å². The van der Waals surface area contributed by atoms with Crippen LogP contribution in [0.2, 0.25) is 0 Å². The van der Waals surface area contributed by atoms with Crippen molar-refractivity contribution in [2.24, 2.45) is 0 Å². The first kappa shape index (κ1) is 13.8. The molecule has 0 saturated heterocycles. The van der Waals surface area contributed by atoms with Gasteiger partial charge in [-0.05, 0) is 5.56 Å². The second kappa shape index (κ2) is 6.48. The average molecular weight is 261 g/mol. The van der Waals surface area contributed by atoms with Gasteiger partial charge in [0, 0.05) is 0 Å². The SMILES string of the molecule is O=C(CNOCc1ccccc1)OP(=O)(O)O. The predicted octanol–water partition coefficient (Wildman–Crippen LogP) is 0.344. The Morgan fingerprint density at radius 3 is 2.53 bits per heavy atom. The van der Waals surface area contributed by atoms with Crippen LogP contribution in [-0.2, 0) is 25.3 Å². The molecule has 7 nitrogen and oxygen atoms in total. The van der Waals surface area contributed by atoms with E-state index in [0.29, 0.717) is 0 Å². The topological polar surface area (TPSA) is 105 Å². The summed E-state index contributed by atoms with van der Waals surface area (Å²) >= 11 is 0. The van der Waals surface area contributed by atoms with Crippen molar-refractivity contribution in [2.45, 2.75) is 6.61 Å². The Balaban J connectivity index is 2.17. The van der Waals surface area contributed by atoms with Crippen LogP contribution >= 0.6 is 7.82 Å². The molecule has 0 aliphatic heterocycles. The third-order valence-electron chi connectivity index (χ3n) is 1.62. The molecule has 0 radical (unpaired) electrons. The molecule has 0 unspecified atom stereocenters. The monoisotopic (exact) mass is 261 g/mol. The van der Waals surface area contributed by atoms with Crippen molar-refractivity contribution in [2.75, 3.05) is 6.54 Å². The molecule has 0 amide bonds. The zero-order valence-corrected chi connectivity index (χ0v) is 9.67. The quantitative estimate of drug-likeness (QED) is 0.385. The van der Waals surface area contributed by atoms with Crippen LogP contribution in [0.15, 0.2) is 30.3 Å². The molecule has 1 rings (SSSR count). The molecule has 17 heavy (non-hydrogen) atoms. The molecule has 8 heteroatoms. The first-order valence-electron chi connectivity index (χ1n) is 4.64. The third-order valence-corrected chi connectivity index (χ3v) is 2.06. The molecular formula is C9H12NO6P. The minimum absolute atomic E-state index is 0.226. The Morgan fingerprint density at radius 1 is 1.29 bits per heavy atom. The summed E-state index contributed by atoms with van der Waals surface area (Å²) in [5, 5.41) is 0. The van der Waals surface area contributed by atoms with E-state index in [1.165, 1.54) is 0 Å². The smallest absolute Gasteiger partial charge is 0.370 e. The summed E-state index contributed by atoms with van der Waals surface area (Å²) in [7, 11) is -4.77. The van der Waals surface area contributed by atoms with Crippen LogP contribution < -0.4 is 5.48 Å². The lowest BCUT2D eigenvalue weighted by Crippen LogP contribution is -2.24. The van der Waals surface area contributed by atoms with Crippen molar-refractivity contribution >= 4 is 13.8 Å². The normalized spacial score (nSPS) is 11.2. The van der Waals surface area contributed by atoms with Crippen LogP contribution in [0.3, 0.4) is 0 Å². The minimum atomic E-state index is -4.77. The maximum absolute atomic E-state index is 10.8. The number of phosphoric ester groups is 1. The predicted molar refractivity (Wildman–Crippen MR) is 57.4 cm³/mol. The molecular weight excluding hydrogens is 249 g/mol. The van der Waals surface area contributed by atoms with E-state index in [1.807, 2.05) is 30.3 Å². The number of nitrogens with one attached hydrogen (secondary N) is 1. The highest BCUT2D eigenvalue weighted by Crippen LogP contribution is 2.35. The van der Waals surface area contributed by atoms with Gasteiger partial charge in [0.05, 0.1) is 6.61 Å². The van der Waals surface area contributed by atoms with Crippen LogP contribution in [0.1, 0.15) is 5.56 Å². The van der Waals surface area contributed by atoms with Gasteiger partial charge in [-0.1, -0.05) is 30.3 Å². The van der Waals surface area contributed by atoms with Crippen molar-refractivity contribution in [3.63, 3.8) is 0 Å². The number of phosphoric acid groups is 1. The third kappa shape index (κ3) is 6.83. The number of carbonyl (C=O) groups is 1. The van der Waals surface area contributed by atoms with Crippen molar-refractivity contribution in [1.29, 1.82) is 0 Å². The van der Waals surface area contributed by atoms with E-state index in [1.54, 1.807) is 0 Å². The number of hydrogen-bond acceptors (Lipinski definition) is 5. The number of benzene rings is 1. The summed E-state index contributed by atoms with van der Waals surface area (Å²) in [5.74, 6) is -1.09. The van der Waals surface area contributed by atoms with Gasteiger partial charge in [-0.25, -0.2) is 4.57 Å². The van der Waals surface area contributed by atoms with Gasteiger partial charge in [0.25, 0.3) is 0 Å². The van der Waals surface area contributed by atoms with Crippen molar-refractivity contribution < 1.29 is 28.5 Å². The van der Waals surface area contributed by atoms with Gasteiger partial charge >= 0.3 is 13.8 Å². The first-order valence-corrected chi connectivity index (χ1v) is 6.17. The molecule has 0 aliphatic carbocycles. The van der Waals surface area contributed by atoms with Crippen molar-refractivity contribution in [3.05, 3.63) is 35.9 Å². The summed E-state index contributed by atoms with van der Waals surface area (Å²) in [5.41, 5.74) is 3.13. The number of hydrogen-bond donors (Lipinski definition) is 3. The fourth-order valence-corrected chi connectivity index (χ4v) is 1.31. The standard InChI is InChI=1S/C9H12NO6P/c11-9(16-17(12,13)14)6-10-15-7-8-4-2-1-3-5-8/h1-5,10H,6-7H2,(H2,12,13,14). The summed E-state index contributed by atoms with van der Waals surface area (Å²) in [6.45, 7) is -0.220. The minimum Gasteiger partial charge on any atom is -0.370 e. The Bertz CT molecular complexity index is 403. The zero-order chi connectivity index (χ0) is 12.7. The molecule has 0 aliphatic rings. The van der Waals surface area contributed by atoms with Gasteiger partial charge in [0.2, 0.25) is 0 Å². The summed E-state index contributed by atoms with van der Waals surface area (Å²) in [6, 6.07) is 9.18. The van der Waals surface area contributed by atoms with Crippen LogP contribution in [0.25, 0.3) is 0 Å². The highest BCUT2D eigenvalue weighted by molar-refractivity contribution is 7.46. The molecule has 0 heterocycles. The Labute approximate surface area is 97.6 Å². The Kier molecular flexibility index (Phi) is 5.27. The molecule has 0 saturated carbocycles. The lowest BCUT2D eigenvalue weighted by molar-refractivity contribution is -0.137. The summed E-state index contributed by atoms with van der Waals surface area (Å²) in [4.78, 5) is 32.4. The number of rotatable bonds is 6. The fourth-order valence-electron chi connectivity index (χ4n) is 0.983. The molecule has 0 atom stereocenters. The van der Waals surface area contributed by atoms with E-state index in [2.05, 4.69) is 10.0 Å². The second-order valence-corrected chi connectivity index (χ2v) is 4.21. The lowest BCUT2D eigenvalue weighted by atomic mass is 10.2. The van der Waals surface area contributed by atoms with Gasteiger partial charge < -0.3 is 4.52 Å². The Morgan fingerprint density at radius 2 is 1.94 bits per heavy atom. The maximum Gasteiger partial charge on any atom is 0.527 e. The average Bonchev–Trinajstić information content (AvgIpc) is 2.23. The second-order valence-electron chi connectivity index (χ2n) is 3.05. The number of carbonyl (C=O) groups excluding carboxylic acids is 1. The van der Waals surface area contributed by atoms with Gasteiger partial charge in [-0.2, -0.15) is 5.48 Å². The van der Waals surface area contributed by atoms with Gasteiger partial charge in [0.15, 0.2) is 0 Å². The maximum atomic E-state index is 10.8. The summed E-state index contributed by atoms with van der Waals surface area (Å²) < 4.78 is 14.1. The molecule has 1 aromatic rings. The largest absolute Gasteiger partial charge is 0.527 e. The molecule has 0 spiro atoms. The first-order chi connectivity index (χ1) is 7.97. The van der Waals surface area contributed by atoms with Gasteiger partial charge in [0.1, 0.15) is 6.54 Å². The van der Waals surface area contributed by atoms with Crippen LogP contribution in [0.5, 0.6) is 0 Å². The van der Waals surface area contributed by atoms with E-state index in [-0.39, 0.29) is 6.61 Å². The molecule has 0 aromatic heterocycles. The molecule has 0 bridgehead atoms. The van der Waals surface area contributed by atoms with E-state index in [9.17, 15) is 9.36 Å². The van der Waals surface area contributed by atoms with Gasteiger partial charge in [-0.15, -0.1) is 0 Å². The molecule has 94 valence electrons. The Hall–Kier alpha value is -1.24. The number of hydroxylamine groups is 1. The van der Waals surface area contributed by atoms with E-state index < -0.39 is 20.3 Å². The lowest BCUT2D eigenvalue weighted by Gasteiger charge is -2.06. The van der Waals surface area contributed by atoms with Crippen molar-refractivity contribution in [3.8, 4) is 0 Å². The molecule has 0 fully saturated rings. The van der Waals surface area contributed by atoms with E-state index in [0.717, 1.165) is 5.56 Å².